The van der Waals surface area contributed by atoms with Crippen LogP contribution in [0.2, 0.25) is 0 Å². The summed E-state index contributed by atoms with van der Waals surface area (Å²) in [5, 5.41) is 3.65. The van der Waals surface area contributed by atoms with E-state index in [1.807, 2.05) is 0 Å². The quantitative estimate of drug-likeness (QED) is 0.916. The van der Waals surface area contributed by atoms with Gasteiger partial charge in [-0.1, -0.05) is 12.1 Å². The number of hydrogen-bond acceptors (Lipinski definition) is 2. The number of nitrogens with zero attached hydrogens (tertiary/aromatic N) is 1. The molecule has 1 aromatic carbocycles. The van der Waals surface area contributed by atoms with Gasteiger partial charge in [0, 0.05) is 24.2 Å². The first-order valence-electron chi connectivity index (χ1n) is 7.49. The number of hydrogen-bond donors (Lipinski definition) is 1. The monoisotopic (exact) mass is 280 g/mol. The Labute approximate surface area is 119 Å². The van der Waals surface area contributed by atoms with Crippen LogP contribution in [0.3, 0.4) is 0 Å². The van der Waals surface area contributed by atoms with Crippen molar-refractivity contribution in [2.24, 2.45) is 5.92 Å². The maximum atomic E-state index is 13.8. The Hall–Kier alpha value is -1.00. The predicted octanol–water partition coefficient (Wildman–Crippen LogP) is 2.93. The lowest BCUT2D eigenvalue weighted by molar-refractivity contribution is 0.193. The molecule has 1 saturated heterocycles. The maximum Gasteiger partial charge on any atom is 0.163 e. The summed E-state index contributed by atoms with van der Waals surface area (Å²) >= 11 is 0. The van der Waals surface area contributed by atoms with Crippen molar-refractivity contribution in [3.8, 4) is 0 Å². The summed E-state index contributed by atoms with van der Waals surface area (Å²) in [4.78, 5) is 2.26. The van der Waals surface area contributed by atoms with Crippen LogP contribution in [-0.2, 0) is 6.54 Å². The normalized spacial score (nSPS) is 28.4. The van der Waals surface area contributed by atoms with Gasteiger partial charge in [0.1, 0.15) is 0 Å². The molecule has 2 fully saturated rings. The molecule has 1 aromatic rings. The van der Waals surface area contributed by atoms with Crippen molar-refractivity contribution < 1.29 is 8.78 Å². The molecule has 0 bridgehead atoms. The summed E-state index contributed by atoms with van der Waals surface area (Å²) < 4.78 is 27.1. The fourth-order valence-electron chi connectivity index (χ4n) is 3.32. The first-order valence-corrected chi connectivity index (χ1v) is 7.49. The van der Waals surface area contributed by atoms with Crippen LogP contribution in [0.4, 0.5) is 8.78 Å². The van der Waals surface area contributed by atoms with Gasteiger partial charge in [0.2, 0.25) is 0 Å². The molecule has 110 valence electrons. The van der Waals surface area contributed by atoms with Gasteiger partial charge in [0.15, 0.2) is 11.6 Å². The van der Waals surface area contributed by atoms with Crippen LogP contribution in [0.5, 0.6) is 0 Å². The van der Waals surface area contributed by atoms with Crippen molar-refractivity contribution in [2.75, 3.05) is 19.6 Å². The summed E-state index contributed by atoms with van der Waals surface area (Å²) in [6.07, 6.45) is 3.62. The Kier molecular flexibility index (Phi) is 3.78. The predicted molar refractivity (Wildman–Crippen MR) is 75.4 cm³/mol. The summed E-state index contributed by atoms with van der Waals surface area (Å²) in [5.74, 6) is -0.710. The second-order valence-corrected chi connectivity index (χ2v) is 6.40. The highest BCUT2D eigenvalue weighted by Crippen LogP contribution is 2.40. The van der Waals surface area contributed by atoms with Crippen molar-refractivity contribution in [3.05, 3.63) is 35.4 Å². The van der Waals surface area contributed by atoms with Crippen LogP contribution in [0.15, 0.2) is 18.2 Å². The fourth-order valence-corrected chi connectivity index (χ4v) is 3.32. The molecule has 3 rings (SSSR count). The smallest absolute Gasteiger partial charge is 0.163 e. The molecule has 1 aliphatic carbocycles. The zero-order chi connectivity index (χ0) is 14.2. The molecule has 0 spiro atoms. The van der Waals surface area contributed by atoms with Crippen molar-refractivity contribution in [3.63, 3.8) is 0 Å². The van der Waals surface area contributed by atoms with E-state index in [0.717, 1.165) is 32.0 Å². The van der Waals surface area contributed by atoms with Crippen molar-refractivity contribution in [1.82, 2.24) is 10.2 Å². The summed E-state index contributed by atoms with van der Waals surface area (Å²) in [6.45, 7) is 5.62. The van der Waals surface area contributed by atoms with E-state index in [1.165, 1.54) is 18.9 Å². The van der Waals surface area contributed by atoms with Crippen molar-refractivity contribution in [2.45, 2.75) is 38.3 Å². The second kappa shape index (κ2) is 5.41. The van der Waals surface area contributed by atoms with Gasteiger partial charge in [-0.3, -0.25) is 4.90 Å². The zero-order valence-corrected chi connectivity index (χ0v) is 12.0. The fraction of sp³-hybridized carbons (Fsp3) is 0.625. The van der Waals surface area contributed by atoms with E-state index in [4.69, 9.17) is 0 Å². The summed E-state index contributed by atoms with van der Waals surface area (Å²) in [5.41, 5.74) is 0.588. The maximum absolute atomic E-state index is 13.8. The minimum Gasteiger partial charge on any atom is -0.310 e. The molecule has 20 heavy (non-hydrogen) atoms. The second-order valence-electron chi connectivity index (χ2n) is 6.40. The minimum atomic E-state index is -0.750. The summed E-state index contributed by atoms with van der Waals surface area (Å²) in [6, 6.07) is 4.45. The number of halogens is 2. The summed E-state index contributed by atoms with van der Waals surface area (Å²) in [7, 11) is 0. The van der Waals surface area contributed by atoms with Crippen LogP contribution in [0, 0.1) is 17.6 Å². The highest BCUT2D eigenvalue weighted by molar-refractivity contribution is 5.19. The van der Waals surface area contributed by atoms with Crippen LogP contribution in [0.1, 0.15) is 31.7 Å². The minimum absolute atomic E-state index is 0.125. The van der Waals surface area contributed by atoms with Gasteiger partial charge in [0.25, 0.3) is 0 Å². The third-order valence-electron chi connectivity index (χ3n) is 4.64. The van der Waals surface area contributed by atoms with Gasteiger partial charge in [0.05, 0.1) is 0 Å². The largest absolute Gasteiger partial charge is 0.310 e. The van der Waals surface area contributed by atoms with Gasteiger partial charge in [-0.15, -0.1) is 0 Å². The van der Waals surface area contributed by atoms with E-state index in [0.29, 0.717) is 12.1 Å². The number of rotatable bonds is 3. The number of nitrogens with one attached hydrogen (secondary N) is 1. The Balaban J connectivity index is 1.74. The van der Waals surface area contributed by atoms with Crippen molar-refractivity contribution in [1.29, 1.82) is 0 Å². The van der Waals surface area contributed by atoms with Gasteiger partial charge in [-0.05, 0) is 51.3 Å². The highest BCUT2D eigenvalue weighted by atomic mass is 19.2. The molecular formula is C16H22F2N2. The van der Waals surface area contributed by atoms with E-state index in [-0.39, 0.29) is 5.54 Å². The topological polar surface area (TPSA) is 15.3 Å². The lowest BCUT2D eigenvalue weighted by atomic mass is 9.95. The first-order chi connectivity index (χ1) is 9.58. The zero-order valence-electron chi connectivity index (χ0n) is 12.0. The highest BCUT2D eigenvalue weighted by Gasteiger charge is 2.42. The molecule has 1 N–H and O–H groups in total. The lowest BCUT2D eigenvalue weighted by Gasteiger charge is -2.34. The third-order valence-corrected chi connectivity index (χ3v) is 4.64. The SMILES string of the molecule is CC1(C2CC2)CN(Cc2cccc(F)c2F)CCCN1. The van der Waals surface area contributed by atoms with Gasteiger partial charge >= 0.3 is 0 Å². The molecule has 2 aliphatic rings. The van der Waals surface area contributed by atoms with Crippen LogP contribution in [0.25, 0.3) is 0 Å². The lowest BCUT2D eigenvalue weighted by Crippen LogP contribution is -2.50. The molecule has 4 heteroatoms. The molecule has 1 saturated carbocycles. The third kappa shape index (κ3) is 2.86. The van der Waals surface area contributed by atoms with Gasteiger partial charge in [-0.25, -0.2) is 8.78 Å². The Morgan fingerprint density at radius 1 is 1.35 bits per heavy atom. The van der Waals surface area contributed by atoms with E-state index < -0.39 is 11.6 Å². The molecular weight excluding hydrogens is 258 g/mol. The van der Waals surface area contributed by atoms with E-state index in [9.17, 15) is 8.78 Å². The van der Waals surface area contributed by atoms with E-state index in [2.05, 4.69) is 17.1 Å². The molecule has 1 atom stereocenters. The van der Waals surface area contributed by atoms with Crippen LogP contribution >= 0.6 is 0 Å². The molecule has 0 aromatic heterocycles. The first kappa shape index (κ1) is 14.0. The average Bonchev–Trinajstić information content (AvgIpc) is 3.23. The molecule has 2 nitrogen and oxygen atoms in total. The molecule has 0 radical (unpaired) electrons. The Morgan fingerprint density at radius 2 is 2.15 bits per heavy atom. The molecule has 1 aliphatic heterocycles. The van der Waals surface area contributed by atoms with Gasteiger partial charge < -0.3 is 5.32 Å². The molecule has 1 heterocycles. The van der Waals surface area contributed by atoms with E-state index >= 15 is 0 Å². The Morgan fingerprint density at radius 3 is 2.90 bits per heavy atom. The van der Waals surface area contributed by atoms with Gasteiger partial charge in [-0.2, -0.15) is 0 Å². The molecule has 1 unspecified atom stereocenters. The molecule has 0 amide bonds. The Bertz CT molecular complexity index is 487. The standard InChI is InChI=1S/C16H22F2N2/c1-16(13-6-7-13)11-20(9-3-8-19-16)10-12-4-2-5-14(17)15(12)18/h2,4-5,13,19H,3,6-11H2,1H3. The van der Waals surface area contributed by atoms with Crippen LogP contribution in [-0.4, -0.2) is 30.1 Å². The average molecular weight is 280 g/mol. The van der Waals surface area contributed by atoms with Crippen LogP contribution < -0.4 is 5.32 Å². The van der Waals surface area contributed by atoms with E-state index in [1.54, 1.807) is 12.1 Å². The number of benzene rings is 1. The van der Waals surface area contributed by atoms with Crippen molar-refractivity contribution >= 4 is 0 Å².